The fraction of sp³-hybridized carbons (Fsp3) is 0.600. The quantitative estimate of drug-likeness (QED) is 0.622. The van der Waals surface area contributed by atoms with Crippen LogP contribution in [0.15, 0.2) is 0 Å². The summed E-state index contributed by atoms with van der Waals surface area (Å²) in [6.45, 7) is 2.18. The number of nitrogen functional groups attached to an aromatic ring is 1. The van der Waals surface area contributed by atoms with Crippen molar-refractivity contribution in [1.82, 2.24) is 9.78 Å². The fourth-order valence-corrected chi connectivity index (χ4v) is 1.76. The first-order valence-electron chi connectivity index (χ1n) is 5.03. The number of carbonyl (C=O) groups excluding carboxylic acids is 1. The van der Waals surface area contributed by atoms with E-state index in [-0.39, 0.29) is 0 Å². The molecule has 0 aliphatic carbocycles. The van der Waals surface area contributed by atoms with Crippen LogP contribution in [0, 0.1) is 6.92 Å². The molecular weight excluding hydrogens is 226 g/mol. The van der Waals surface area contributed by atoms with Crippen LogP contribution in [0.5, 0.6) is 0 Å². The summed E-state index contributed by atoms with van der Waals surface area (Å²) in [7, 11) is 1.68. The molecule has 0 saturated heterocycles. The highest BCUT2D eigenvalue weighted by Gasteiger charge is 2.18. The lowest BCUT2D eigenvalue weighted by atomic mass is 10.3. The number of ether oxygens (including phenoxy) is 1. The molecule has 1 aromatic rings. The van der Waals surface area contributed by atoms with E-state index in [0.717, 1.165) is 12.2 Å². The van der Waals surface area contributed by atoms with Crippen LogP contribution >= 0.6 is 11.8 Å². The van der Waals surface area contributed by atoms with E-state index in [1.807, 2.05) is 6.26 Å². The van der Waals surface area contributed by atoms with Crippen LogP contribution in [-0.4, -0.2) is 34.4 Å². The van der Waals surface area contributed by atoms with Gasteiger partial charge < -0.3 is 10.5 Å². The first-order valence-corrected chi connectivity index (χ1v) is 6.42. The molecule has 16 heavy (non-hydrogen) atoms. The summed E-state index contributed by atoms with van der Waals surface area (Å²) < 4.78 is 6.57. The predicted octanol–water partition coefficient (Wildman–Crippen LogP) is 1.22. The van der Waals surface area contributed by atoms with Gasteiger partial charge in [0.25, 0.3) is 0 Å². The average molecular weight is 243 g/mol. The largest absolute Gasteiger partial charge is 0.461 e. The topological polar surface area (TPSA) is 70.1 Å². The number of hydrogen-bond donors (Lipinski definition) is 1. The number of aromatic nitrogens is 2. The Kier molecular flexibility index (Phi) is 4.67. The summed E-state index contributed by atoms with van der Waals surface area (Å²) in [6, 6.07) is 0. The Morgan fingerprint density at radius 1 is 1.62 bits per heavy atom. The van der Waals surface area contributed by atoms with E-state index in [0.29, 0.717) is 23.7 Å². The van der Waals surface area contributed by atoms with Crippen molar-refractivity contribution < 1.29 is 9.53 Å². The highest BCUT2D eigenvalue weighted by Crippen LogP contribution is 2.16. The second-order valence-corrected chi connectivity index (χ2v) is 4.44. The molecule has 0 unspecified atom stereocenters. The normalized spacial score (nSPS) is 10.4. The van der Waals surface area contributed by atoms with E-state index < -0.39 is 5.97 Å². The molecule has 1 aromatic heterocycles. The van der Waals surface area contributed by atoms with Gasteiger partial charge >= 0.3 is 5.97 Å². The van der Waals surface area contributed by atoms with Crippen LogP contribution in [0.1, 0.15) is 22.6 Å². The predicted molar refractivity (Wildman–Crippen MR) is 65.6 cm³/mol. The van der Waals surface area contributed by atoms with Crippen LogP contribution < -0.4 is 5.73 Å². The number of thioether (sulfide) groups is 1. The molecule has 0 amide bonds. The summed E-state index contributed by atoms with van der Waals surface area (Å²) in [4.78, 5) is 11.7. The molecule has 0 atom stereocenters. The molecule has 0 spiro atoms. The molecule has 0 fully saturated rings. The summed E-state index contributed by atoms with van der Waals surface area (Å²) in [5.74, 6) is 0.578. The van der Waals surface area contributed by atoms with E-state index >= 15 is 0 Å². The SMILES string of the molecule is CSCCCOC(=O)c1c(N)c(C)nn1C. The van der Waals surface area contributed by atoms with Gasteiger partial charge in [-0.15, -0.1) is 0 Å². The standard InChI is InChI=1S/C10H17N3O2S/c1-7-8(11)9(13(2)12-7)10(14)15-5-4-6-16-3/h4-6,11H2,1-3H3. The van der Waals surface area contributed by atoms with Gasteiger partial charge in [-0.25, -0.2) is 4.79 Å². The number of nitrogens with zero attached hydrogens (tertiary/aromatic N) is 2. The van der Waals surface area contributed by atoms with Gasteiger partial charge in [0.05, 0.1) is 18.0 Å². The lowest BCUT2D eigenvalue weighted by Crippen LogP contribution is -2.13. The van der Waals surface area contributed by atoms with Gasteiger partial charge in [0.15, 0.2) is 5.69 Å². The van der Waals surface area contributed by atoms with Gasteiger partial charge in [0, 0.05) is 7.05 Å². The highest BCUT2D eigenvalue weighted by molar-refractivity contribution is 7.98. The maximum atomic E-state index is 11.7. The highest BCUT2D eigenvalue weighted by atomic mass is 32.2. The Balaban J connectivity index is 2.59. The van der Waals surface area contributed by atoms with Gasteiger partial charge in [-0.2, -0.15) is 16.9 Å². The number of aryl methyl sites for hydroxylation is 2. The molecule has 0 bridgehead atoms. The molecule has 0 radical (unpaired) electrons. The van der Waals surface area contributed by atoms with E-state index in [2.05, 4.69) is 5.10 Å². The number of esters is 1. The number of rotatable bonds is 5. The number of hydrogen-bond acceptors (Lipinski definition) is 5. The zero-order chi connectivity index (χ0) is 12.1. The maximum absolute atomic E-state index is 11.7. The monoisotopic (exact) mass is 243 g/mol. The second kappa shape index (κ2) is 5.79. The van der Waals surface area contributed by atoms with Crippen molar-refractivity contribution in [2.24, 2.45) is 7.05 Å². The first-order chi connectivity index (χ1) is 7.57. The van der Waals surface area contributed by atoms with Gasteiger partial charge in [-0.3, -0.25) is 4.68 Å². The van der Waals surface area contributed by atoms with Crippen molar-refractivity contribution in [3.05, 3.63) is 11.4 Å². The molecular formula is C10H17N3O2S. The summed E-state index contributed by atoms with van der Waals surface area (Å²) in [5, 5.41) is 4.06. The van der Waals surface area contributed by atoms with Gasteiger partial charge in [0.2, 0.25) is 0 Å². The number of anilines is 1. The zero-order valence-corrected chi connectivity index (χ0v) is 10.6. The Morgan fingerprint density at radius 2 is 2.31 bits per heavy atom. The minimum atomic E-state index is -0.401. The van der Waals surface area contributed by atoms with Crippen molar-refractivity contribution in [1.29, 1.82) is 0 Å². The van der Waals surface area contributed by atoms with Gasteiger partial charge in [0.1, 0.15) is 0 Å². The molecule has 0 saturated carbocycles. The van der Waals surface area contributed by atoms with Crippen molar-refractivity contribution in [2.75, 3.05) is 24.3 Å². The molecule has 2 N–H and O–H groups in total. The zero-order valence-electron chi connectivity index (χ0n) is 9.82. The first kappa shape index (κ1) is 12.9. The van der Waals surface area contributed by atoms with Gasteiger partial charge in [-0.1, -0.05) is 0 Å². The van der Waals surface area contributed by atoms with Crippen LogP contribution in [0.3, 0.4) is 0 Å². The molecule has 6 heteroatoms. The Morgan fingerprint density at radius 3 is 2.81 bits per heavy atom. The van der Waals surface area contributed by atoms with E-state index in [1.54, 1.807) is 25.7 Å². The van der Waals surface area contributed by atoms with E-state index in [4.69, 9.17) is 10.5 Å². The third kappa shape index (κ3) is 2.91. The van der Waals surface area contributed by atoms with Crippen LogP contribution in [0.4, 0.5) is 5.69 Å². The lowest BCUT2D eigenvalue weighted by Gasteiger charge is -2.05. The smallest absolute Gasteiger partial charge is 0.358 e. The van der Waals surface area contributed by atoms with Crippen LogP contribution in [-0.2, 0) is 11.8 Å². The Bertz CT molecular complexity index is 376. The van der Waals surface area contributed by atoms with E-state index in [1.165, 1.54) is 4.68 Å². The Hall–Kier alpha value is -1.17. The summed E-state index contributed by atoms with van der Waals surface area (Å²) >= 11 is 1.73. The molecule has 0 aromatic carbocycles. The molecule has 90 valence electrons. The van der Waals surface area contributed by atoms with Gasteiger partial charge in [-0.05, 0) is 25.4 Å². The maximum Gasteiger partial charge on any atom is 0.358 e. The average Bonchev–Trinajstić information content (AvgIpc) is 2.48. The molecule has 1 heterocycles. The summed E-state index contributed by atoms with van der Waals surface area (Å²) in [6.07, 6.45) is 2.87. The third-order valence-corrected chi connectivity index (χ3v) is 2.88. The minimum Gasteiger partial charge on any atom is -0.461 e. The molecule has 0 aliphatic rings. The molecule has 0 aliphatic heterocycles. The molecule has 1 rings (SSSR count). The van der Waals surface area contributed by atoms with Crippen LogP contribution in [0.2, 0.25) is 0 Å². The van der Waals surface area contributed by atoms with Crippen molar-refractivity contribution >= 4 is 23.4 Å². The number of nitrogens with two attached hydrogens (primary N) is 1. The van der Waals surface area contributed by atoms with E-state index in [9.17, 15) is 4.79 Å². The third-order valence-electron chi connectivity index (χ3n) is 2.19. The van der Waals surface area contributed by atoms with Crippen molar-refractivity contribution in [2.45, 2.75) is 13.3 Å². The minimum absolute atomic E-state index is 0.335. The Labute approximate surface area is 99.3 Å². The van der Waals surface area contributed by atoms with Crippen molar-refractivity contribution in [3.8, 4) is 0 Å². The summed E-state index contributed by atoms with van der Waals surface area (Å²) in [5.41, 5.74) is 7.13. The fourth-order valence-electron chi connectivity index (χ4n) is 1.35. The van der Waals surface area contributed by atoms with Crippen molar-refractivity contribution in [3.63, 3.8) is 0 Å². The second-order valence-electron chi connectivity index (χ2n) is 3.45. The molecule has 5 nitrogen and oxygen atoms in total. The number of carbonyl (C=O) groups is 1. The lowest BCUT2D eigenvalue weighted by molar-refractivity contribution is 0.0495. The van der Waals surface area contributed by atoms with Crippen LogP contribution in [0.25, 0.3) is 0 Å².